The van der Waals surface area contributed by atoms with E-state index in [1.165, 1.54) is 17.0 Å². The van der Waals surface area contributed by atoms with Crippen LogP contribution in [-0.2, 0) is 9.59 Å². The highest BCUT2D eigenvalue weighted by Crippen LogP contribution is 2.37. The number of hydrogen-bond donors (Lipinski definition) is 1. The number of hydrogen-bond acceptors (Lipinski definition) is 3. The lowest BCUT2D eigenvalue weighted by atomic mass is 9.85. The maximum atomic E-state index is 12.2. The van der Waals surface area contributed by atoms with Gasteiger partial charge in [-0.2, -0.15) is 0 Å². The van der Waals surface area contributed by atoms with Gasteiger partial charge in [0, 0.05) is 0 Å². The van der Waals surface area contributed by atoms with Crippen LogP contribution < -0.4 is 4.90 Å². The van der Waals surface area contributed by atoms with Crippen molar-refractivity contribution in [3.05, 3.63) is 36.4 Å². The zero-order valence-electron chi connectivity index (χ0n) is 9.74. The third kappa shape index (κ3) is 1.53. The molecule has 0 spiro atoms. The molecule has 1 aromatic carbocycles. The predicted molar refractivity (Wildman–Crippen MR) is 66.0 cm³/mol. The molecule has 4 heteroatoms. The van der Waals surface area contributed by atoms with E-state index in [0.717, 1.165) is 0 Å². The van der Waals surface area contributed by atoms with Gasteiger partial charge in [0.05, 0.1) is 17.5 Å². The van der Waals surface area contributed by atoms with Crippen molar-refractivity contribution in [3.63, 3.8) is 0 Å². The largest absolute Gasteiger partial charge is 0.508 e. The molecule has 2 atom stereocenters. The van der Waals surface area contributed by atoms with Gasteiger partial charge < -0.3 is 5.11 Å². The molecule has 3 rings (SSSR count). The second-order valence-corrected chi connectivity index (χ2v) is 4.68. The van der Waals surface area contributed by atoms with Crippen LogP contribution in [0.2, 0.25) is 0 Å². The maximum absolute atomic E-state index is 12.2. The molecule has 1 N–H and O–H groups in total. The van der Waals surface area contributed by atoms with Crippen molar-refractivity contribution >= 4 is 17.5 Å². The van der Waals surface area contributed by atoms with Crippen molar-refractivity contribution < 1.29 is 14.7 Å². The highest BCUT2D eigenvalue weighted by Gasteiger charge is 2.47. The highest BCUT2D eigenvalue weighted by molar-refractivity contribution is 6.22. The Morgan fingerprint density at radius 3 is 1.94 bits per heavy atom. The number of nitrogens with zero attached hydrogens (tertiary/aromatic N) is 1. The Bertz CT molecular complexity index is 506. The van der Waals surface area contributed by atoms with Crippen LogP contribution in [0.3, 0.4) is 0 Å². The van der Waals surface area contributed by atoms with Crippen molar-refractivity contribution in [1.29, 1.82) is 0 Å². The molecule has 18 heavy (non-hydrogen) atoms. The SMILES string of the molecule is O=C1[C@H]2CC=CC[C@H]2C(=O)N1c1ccc(O)cc1. The molecule has 1 saturated heterocycles. The molecular weight excluding hydrogens is 230 g/mol. The van der Waals surface area contributed by atoms with Crippen molar-refractivity contribution in [1.82, 2.24) is 0 Å². The normalized spacial score (nSPS) is 26.6. The molecule has 1 fully saturated rings. The van der Waals surface area contributed by atoms with Crippen molar-refractivity contribution in [3.8, 4) is 5.75 Å². The first-order valence-electron chi connectivity index (χ1n) is 6.00. The fraction of sp³-hybridized carbons (Fsp3) is 0.286. The summed E-state index contributed by atoms with van der Waals surface area (Å²) in [5.74, 6) is -0.551. The summed E-state index contributed by atoms with van der Waals surface area (Å²) in [5.41, 5.74) is 0.539. The molecule has 2 amide bonds. The number of fused-ring (bicyclic) bond motifs is 1. The Morgan fingerprint density at radius 2 is 1.44 bits per heavy atom. The average Bonchev–Trinajstić information content (AvgIpc) is 2.64. The number of carbonyl (C=O) groups is 2. The van der Waals surface area contributed by atoms with Gasteiger partial charge >= 0.3 is 0 Å². The molecule has 1 aromatic rings. The van der Waals surface area contributed by atoms with Crippen LogP contribution in [0, 0.1) is 11.8 Å². The molecule has 0 bridgehead atoms. The van der Waals surface area contributed by atoms with Gasteiger partial charge in [0.2, 0.25) is 11.8 Å². The van der Waals surface area contributed by atoms with Gasteiger partial charge in [-0.05, 0) is 37.1 Å². The van der Waals surface area contributed by atoms with Gasteiger partial charge in [0.25, 0.3) is 0 Å². The van der Waals surface area contributed by atoms with E-state index in [9.17, 15) is 14.7 Å². The topological polar surface area (TPSA) is 57.6 Å². The van der Waals surface area contributed by atoms with E-state index < -0.39 is 0 Å². The van der Waals surface area contributed by atoms with E-state index >= 15 is 0 Å². The molecule has 2 aliphatic rings. The van der Waals surface area contributed by atoms with Crippen molar-refractivity contribution in [2.75, 3.05) is 4.90 Å². The van der Waals surface area contributed by atoms with E-state index in [-0.39, 0.29) is 29.4 Å². The predicted octanol–water partition coefficient (Wildman–Crippen LogP) is 1.85. The van der Waals surface area contributed by atoms with Gasteiger partial charge in [0.15, 0.2) is 0 Å². The van der Waals surface area contributed by atoms with E-state index in [1.54, 1.807) is 12.1 Å². The minimum atomic E-state index is -0.212. The number of anilines is 1. The highest BCUT2D eigenvalue weighted by atomic mass is 16.3. The summed E-state index contributed by atoms with van der Waals surface area (Å²) in [6.07, 6.45) is 5.22. The number of aromatic hydroxyl groups is 1. The van der Waals surface area contributed by atoms with Crippen molar-refractivity contribution in [2.45, 2.75) is 12.8 Å². The van der Waals surface area contributed by atoms with Crippen molar-refractivity contribution in [2.24, 2.45) is 11.8 Å². The molecule has 1 aliphatic carbocycles. The lowest BCUT2D eigenvalue weighted by Gasteiger charge is -2.14. The quantitative estimate of drug-likeness (QED) is 0.605. The van der Waals surface area contributed by atoms with Crippen LogP contribution in [0.4, 0.5) is 5.69 Å². The monoisotopic (exact) mass is 243 g/mol. The first-order valence-corrected chi connectivity index (χ1v) is 6.00. The lowest BCUT2D eigenvalue weighted by molar-refractivity contribution is -0.122. The lowest BCUT2D eigenvalue weighted by Crippen LogP contribution is -2.30. The summed E-state index contributed by atoms with van der Waals surface area (Å²) < 4.78 is 0. The Labute approximate surface area is 105 Å². The molecule has 0 radical (unpaired) electrons. The standard InChI is InChI=1S/C14H13NO3/c16-10-7-5-9(6-8-10)15-13(17)11-3-1-2-4-12(11)14(15)18/h1-2,5-8,11-12,16H,3-4H2/t11-,12+. The van der Waals surface area contributed by atoms with Crippen LogP contribution in [0.25, 0.3) is 0 Å². The summed E-state index contributed by atoms with van der Waals surface area (Å²) in [7, 11) is 0. The molecule has 0 saturated carbocycles. The van der Waals surface area contributed by atoms with Gasteiger partial charge in [-0.15, -0.1) is 0 Å². The first-order chi connectivity index (χ1) is 8.68. The van der Waals surface area contributed by atoms with Gasteiger partial charge in [-0.3, -0.25) is 14.5 Å². The minimum Gasteiger partial charge on any atom is -0.508 e. The second-order valence-electron chi connectivity index (χ2n) is 4.68. The van der Waals surface area contributed by atoms with Crippen LogP contribution in [-0.4, -0.2) is 16.9 Å². The van der Waals surface area contributed by atoms with Gasteiger partial charge in [-0.25, -0.2) is 0 Å². The Kier molecular flexibility index (Phi) is 2.44. The minimum absolute atomic E-state index is 0.122. The van der Waals surface area contributed by atoms with E-state index in [0.29, 0.717) is 18.5 Å². The third-order valence-electron chi connectivity index (χ3n) is 3.62. The van der Waals surface area contributed by atoms with E-state index in [4.69, 9.17) is 0 Å². The molecular formula is C14H13NO3. The first kappa shape index (κ1) is 11.0. The Morgan fingerprint density at radius 1 is 0.944 bits per heavy atom. The number of phenolic OH excluding ortho intramolecular Hbond substituents is 1. The van der Waals surface area contributed by atoms with Gasteiger partial charge in [0.1, 0.15) is 5.75 Å². The summed E-state index contributed by atoms with van der Waals surface area (Å²) in [4.78, 5) is 25.7. The number of amides is 2. The van der Waals surface area contributed by atoms with Crippen LogP contribution >= 0.6 is 0 Å². The molecule has 1 heterocycles. The number of rotatable bonds is 1. The van der Waals surface area contributed by atoms with Crippen LogP contribution in [0.15, 0.2) is 36.4 Å². The zero-order valence-corrected chi connectivity index (χ0v) is 9.74. The Hall–Kier alpha value is -2.10. The number of allylic oxidation sites excluding steroid dienone is 2. The van der Waals surface area contributed by atoms with Crippen LogP contribution in [0.5, 0.6) is 5.75 Å². The smallest absolute Gasteiger partial charge is 0.238 e. The van der Waals surface area contributed by atoms with Gasteiger partial charge in [-0.1, -0.05) is 12.2 Å². The Balaban J connectivity index is 1.96. The molecule has 92 valence electrons. The summed E-state index contributed by atoms with van der Waals surface area (Å²) in [6, 6.07) is 6.15. The van der Waals surface area contributed by atoms with Crippen LogP contribution in [0.1, 0.15) is 12.8 Å². The fourth-order valence-electron chi connectivity index (χ4n) is 2.66. The van der Waals surface area contributed by atoms with E-state index in [2.05, 4.69) is 0 Å². The molecule has 0 aromatic heterocycles. The fourth-order valence-corrected chi connectivity index (χ4v) is 2.66. The number of carbonyl (C=O) groups excluding carboxylic acids is 2. The number of phenols is 1. The molecule has 4 nitrogen and oxygen atoms in total. The summed E-state index contributed by atoms with van der Waals surface area (Å²) in [5, 5.41) is 9.24. The van der Waals surface area contributed by atoms with E-state index in [1.807, 2.05) is 12.2 Å². The summed E-state index contributed by atoms with van der Waals surface area (Å²) in [6.45, 7) is 0. The number of benzene rings is 1. The molecule has 0 unspecified atom stereocenters. The summed E-state index contributed by atoms with van der Waals surface area (Å²) >= 11 is 0. The maximum Gasteiger partial charge on any atom is 0.238 e. The zero-order chi connectivity index (χ0) is 12.7. The number of imide groups is 1. The second kappa shape index (κ2) is 3.98. The third-order valence-corrected chi connectivity index (χ3v) is 3.62. The average molecular weight is 243 g/mol. The molecule has 1 aliphatic heterocycles.